The molecule has 8 heteroatoms. The minimum atomic E-state index is -1.42. The number of carboxylic acid groups (broad SMARTS) is 1. The SMILES string of the molecule is Cn1c(CNCC2C=CN=CC2)cc2cc3c(cc21)CCCc1c-3[nH]c(=O)c(C(=O)O)c1O. The van der Waals surface area contributed by atoms with Gasteiger partial charge in [-0.25, -0.2) is 4.79 Å². The zero-order chi connectivity index (χ0) is 23.1. The highest BCUT2D eigenvalue weighted by Gasteiger charge is 2.26. The van der Waals surface area contributed by atoms with Gasteiger partial charge in [0, 0.05) is 60.3 Å². The largest absolute Gasteiger partial charge is 0.506 e. The Kier molecular flexibility index (Phi) is 5.38. The Balaban J connectivity index is 1.51. The summed E-state index contributed by atoms with van der Waals surface area (Å²) in [4.78, 5) is 30.7. The van der Waals surface area contributed by atoms with E-state index >= 15 is 0 Å². The van der Waals surface area contributed by atoms with Crippen LogP contribution in [0.15, 0.2) is 40.3 Å². The van der Waals surface area contributed by atoms with Crippen molar-refractivity contribution in [2.24, 2.45) is 18.0 Å². The predicted octanol–water partition coefficient (Wildman–Crippen LogP) is 3.12. The fourth-order valence-corrected chi connectivity index (χ4v) is 4.89. The molecule has 1 aromatic carbocycles. The topological polar surface area (TPSA) is 120 Å². The number of aromatic amines is 1. The van der Waals surface area contributed by atoms with Crippen LogP contribution in [0.5, 0.6) is 5.75 Å². The molecule has 2 aliphatic rings. The minimum absolute atomic E-state index is 0.422. The van der Waals surface area contributed by atoms with Crippen LogP contribution < -0.4 is 10.9 Å². The molecule has 33 heavy (non-hydrogen) atoms. The van der Waals surface area contributed by atoms with E-state index in [-0.39, 0.29) is 0 Å². The highest BCUT2D eigenvalue weighted by atomic mass is 16.4. The van der Waals surface area contributed by atoms with Crippen LogP contribution >= 0.6 is 0 Å². The molecule has 0 saturated carbocycles. The third-order valence-corrected chi connectivity index (χ3v) is 6.68. The van der Waals surface area contributed by atoms with Crippen LogP contribution in [0.4, 0.5) is 0 Å². The summed E-state index contributed by atoms with van der Waals surface area (Å²) in [5.74, 6) is -1.40. The Morgan fingerprint density at radius 2 is 2.15 bits per heavy atom. The Morgan fingerprint density at radius 3 is 2.91 bits per heavy atom. The molecule has 1 aliphatic heterocycles. The lowest BCUT2D eigenvalue weighted by molar-refractivity contribution is 0.0691. The summed E-state index contributed by atoms with van der Waals surface area (Å²) >= 11 is 0. The number of carbonyl (C=O) groups is 1. The number of rotatable bonds is 5. The number of benzene rings is 1. The molecule has 1 atom stereocenters. The predicted molar refractivity (Wildman–Crippen MR) is 127 cm³/mol. The average Bonchev–Trinajstić information content (AvgIpc) is 2.97. The number of aryl methyl sites for hydroxylation is 2. The van der Waals surface area contributed by atoms with Gasteiger partial charge < -0.3 is 25.1 Å². The van der Waals surface area contributed by atoms with Crippen molar-refractivity contribution >= 4 is 23.1 Å². The Hall–Kier alpha value is -3.65. The monoisotopic (exact) mass is 446 g/mol. The van der Waals surface area contributed by atoms with E-state index in [1.807, 2.05) is 18.5 Å². The summed E-state index contributed by atoms with van der Waals surface area (Å²) < 4.78 is 2.18. The van der Waals surface area contributed by atoms with Crippen LogP contribution in [-0.2, 0) is 26.4 Å². The molecule has 1 aliphatic carbocycles. The van der Waals surface area contributed by atoms with Crippen molar-refractivity contribution in [2.45, 2.75) is 32.2 Å². The number of hydrogen-bond donors (Lipinski definition) is 4. The molecule has 0 radical (unpaired) electrons. The molecule has 3 heterocycles. The standard InChI is InChI=1S/C25H26N4O4/c1-29-17(13-27-12-14-5-7-26-8-6-14)9-16-10-19-15(11-20(16)29)3-2-4-18-22(19)28-24(31)21(23(18)30)25(32)33/h5,7-11,14,27H,2-4,6,12-13H2,1H3,(H,32,33)(H2,28,30,31). The van der Waals surface area contributed by atoms with Crippen molar-refractivity contribution in [2.75, 3.05) is 6.54 Å². The summed E-state index contributed by atoms with van der Waals surface area (Å²) in [6.07, 6.45) is 8.88. The van der Waals surface area contributed by atoms with Crippen LogP contribution in [0.2, 0.25) is 0 Å². The van der Waals surface area contributed by atoms with E-state index in [0.717, 1.165) is 60.1 Å². The third-order valence-electron chi connectivity index (χ3n) is 6.68. The molecule has 2 aromatic heterocycles. The van der Waals surface area contributed by atoms with Crippen molar-refractivity contribution in [3.63, 3.8) is 0 Å². The van der Waals surface area contributed by atoms with Crippen LogP contribution in [0.3, 0.4) is 0 Å². The first kappa shape index (κ1) is 21.2. The smallest absolute Gasteiger partial charge is 0.345 e. The van der Waals surface area contributed by atoms with E-state index < -0.39 is 22.8 Å². The van der Waals surface area contributed by atoms with E-state index in [1.54, 1.807) is 0 Å². The van der Waals surface area contributed by atoms with Gasteiger partial charge >= 0.3 is 5.97 Å². The molecule has 170 valence electrons. The Morgan fingerprint density at radius 1 is 1.30 bits per heavy atom. The van der Waals surface area contributed by atoms with E-state index in [4.69, 9.17) is 0 Å². The molecule has 0 spiro atoms. The lowest BCUT2D eigenvalue weighted by atomic mass is 9.98. The van der Waals surface area contributed by atoms with Crippen molar-refractivity contribution in [3.05, 3.63) is 63.2 Å². The number of H-pyrrole nitrogens is 1. The van der Waals surface area contributed by atoms with Gasteiger partial charge in [-0.2, -0.15) is 0 Å². The number of pyridine rings is 1. The second-order valence-electron chi connectivity index (χ2n) is 8.75. The van der Waals surface area contributed by atoms with E-state index in [9.17, 15) is 19.8 Å². The minimum Gasteiger partial charge on any atom is -0.506 e. The van der Waals surface area contributed by atoms with E-state index in [1.165, 1.54) is 0 Å². The maximum absolute atomic E-state index is 12.4. The lowest BCUT2D eigenvalue weighted by Gasteiger charge is -2.14. The molecule has 5 rings (SSSR count). The first-order chi connectivity index (χ1) is 15.9. The van der Waals surface area contributed by atoms with Crippen LogP contribution in [0, 0.1) is 5.92 Å². The number of aromatic carboxylic acids is 1. The third kappa shape index (κ3) is 3.76. The molecule has 0 fully saturated rings. The van der Waals surface area contributed by atoms with Crippen LogP contribution in [0.25, 0.3) is 22.2 Å². The lowest BCUT2D eigenvalue weighted by Crippen LogP contribution is -2.23. The molecule has 3 aromatic rings. The maximum atomic E-state index is 12.4. The van der Waals surface area contributed by atoms with Gasteiger partial charge in [0.05, 0.1) is 5.69 Å². The highest BCUT2D eigenvalue weighted by Crippen LogP contribution is 2.38. The summed E-state index contributed by atoms with van der Waals surface area (Å²) in [5.41, 5.74) is 3.81. The van der Waals surface area contributed by atoms with Gasteiger partial charge in [-0.1, -0.05) is 6.08 Å². The number of aromatic hydroxyl groups is 1. The second-order valence-corrected chi connectivity index (χ2v) is 8.75. The van der Waals surface area contributed by atoms with E-state index in [0.29, 0.717) is 23.6 Å². The molecule has 4 N–H and O–H groups in total. The van der Waals surface area contributed by atoms with Gasteiger partial charge in [0.2, 0.25) is 0 Å². The van der Waals surface area contributed by atoms with Gasteiger partial charge in [-0.3, -0.25) is 9.79 Å². The molecular weight excluding hydrogens is 420 g/mol. The van der Waals surface area contributed by atoms with Crippen molar-refractivity contribution in [1.82, 2.24) is 14.9 Å². The first-order valence-electron chi connectivity index (χ1n) is 11.2. The second kappa shape index (κ2) is 8.37. The maximum Gasteiger partial charge on any atom is 0.345 e. The number of aromatic nitrogens is 2. The fourth-order valence-electron chi connectivity index (χ4n) is 4.89. The summed E-state index contributed by atoms with van der Waals surface area (Å²) in [6, 6.07) is 6.31. The van der Waals surface area contributed by atoms with E-state index in [2.05, 4.69) is 45.1 Å². The summed E-state index contributed by atoms with van der Waals surface area (Å²) in [7, 11) is 2.05. The van der Waals surface area contributed by atoms with Gasteiger partial charge in [0.15, 0.2) is 5.56 Å². The van der Waals surface area contributed by atoms with Gasteiger partial charge in [-0.15, -0.1) is 0 Å². The molecule has 0 bridgehead atoms. The quantitative estimate of drug-likeness (QED) is 0.480. The number of carboxylic acids is 1. The number of fused-ring (bicyclic) bond motifs is 4. The highest BCUT2D eigenvalue weighted by molar-refractivity contribution is 5.93. The van der Waals surface area contributed by atoms with Crippen molar-refractivity contribution < 1.29 is 15.0 Å². The fraction of sp³-hybridized carbons (Fsp3) is 0.320. The molecule has 0 saturated heterocycles. The van der Waals surface area contributed by atoms with Crippen LogP contribution in [-0.4, -0.2) is 38.5 Å². The van der Waals surface area contributed by atoms with Gasteiger partial charge in [0.1, 0.15) is 5.75 Å². The molecule has 8 nitrogen and oxygen atoms in total. The summed E-state index contributed by atoms with van der Waals surface area (Å²) in [6.45, 7) is 1.61. The first-order valence-corrected chi connectivity index (χ1v) is 11.2. The van der Waals surface area contributed by atoms with Crippen molar-refractivity contribution in [3.8, 4) is 17.0 Å². The molecule has 1 unspecified atom stereocenters. The Labute approximate surface area is 190 Å². The summed E-state index contributed by atoms with van der Waals surface area (Å²) in [5, 5.41) is 24.5. The van der Waals surface area contributed by atoms with Gasteiger partial charge in [-0.05, 0) is 55.4 Å². The molecular formula is C25H26N4O4. The molecule has 0 amide bonds. The number of hydrogen-bond acceptors (Lipinski definition) is 5. The number of aliphatic imine (C=N–C) groups is 1. The van der Waals surface area contributed by atoms with Crippen molar-refractivity contribution in [1.29, 1.82) is 0 Å². The normalized spacial score (nSPS) is 17.1. The Bertz CT molecular complexity index is 1380. The number of nitrogens with zero attached hydrogens (tertiary/aromatic N) is 2. The van der Waals surface area contributed by atoms with Crippen LogP contribution in [0.1, 0.15) is 40.0 Å². The average molecular weight is 447 g/mol. The number of nitrogens with one attached hydrogen (secondary N) is 2. The zero-order valence-electron chi connectivity index (χ0n) is 18.4. The zero-order valence-corrected chi connectivity index (χ0v) is 18.4. The van der Waals surface area contributed by atoms with Gasteiger partial charge in [0.25, 0.3) is 5.56 Å².